The van der Waals surface area contributed by atoms with Crippen LogP contribution in [0.25, 0.3) is 0 Å². The van der Waals surface area contributed by atoms with Gasteiger partial charge in [-0.3, -0.25) is 0 Å². The normalized spacial score (nSPS) is 11.8. The SMILES string of the molecule is N#Cc1cccc(CC(O)c2ccccc2)c1. The lowest BCUT2D eigenvalue weighted by molar-refractivity contribution is 0.178. The van der Waals surface area contributed by atoms with Crippen molar-refractivity contribution >= 4 is 0 Å². The van der Waals surface area contributed by atoms with Crippen LogP contribution in [0.4, 0.5) is 0 Å². The molecule has 17 heavy (non-hydrogen) atoms. The number of benzene rings is 2. The molecule has 0 aliphatic rings. The lowest BCUT2D eigenvalue weighted by atomic mass is 10.0. The van der Waals surface area contributed by atoms with E-state index in [1.165, 1.54) is 0 Å². The average molecular weight is 223 g/mol. The zero-order valence-corrected chi connectivity index (χ0v) is 9.38. The van der Waals surface area contributed by atoms with E-state index < -0.39 is 6.10 Å². The van der Waals surface area contributed by atoms with Crippen LogP contribution in [0.5, 0.6) is 0 Å². The summed E-state index contributed by atoms with van der Waals surface area (Å²) in [5.41, 5.74) is 2.50. The summed E-state index contributed by atoms with van der Waals surface area (Å²) in [5, 5.41) is 18.9. The van der Waals surface area contributed by atoms with Gasteiger partial charge in [0, 0.05) is 6.42 Å². The molecule has 0 saturated heterocycles. The van der Waals surface area contributed by atoms with Gasteiger partial charge in [-0.05, 0) is 23.3 Å². The van der Waals surface area contributed by atoms with E-state index in [1.54, 1.807) is 6.07 Å². The first-order chi connectivity index (χ1) is 8.29. The highest BCUT2D eigenvalue weighted by atomic mass is 16.3. The zero-order valence-electron chi connectivity index (χ0n) is 9.38. The predicted molar refractivity (Wildman–Crippen MR) is 66.3 cm³/mol. The van der Waals surface area contributed by atoms with Crippen molar-refractivity contribution in [3.8, 4) is 6.07 Å². The molecule has 0 fully saturated rings. The van der Waals surface area contributed by atoms with Gasteiger partial charge in [0.2, 0.25) is 0 Å². The molecule has 0 amide bonds. The minimum atomic E-state index is -0.523. The minimum absolute atomic E-state index is 0.523. The third kappa shape index (κ3) is 2.93. The van der Waals surface area contributed by atoms with Crippen molar-refractivity contribution < 1.29 is 5.11 Å². The van der Waals surface area contributed by atoms with Crippen LogP contribution in [-0.4, -0.2) is 5.11 Å². The van der Waals surface area contributed by atoms with Crippen LogP contribution in [0.15, 0.2) is 54.6 Å². The molecule has 2 aromatic rings. The van der Waals surface area contributed by atoms with Crippen LogP contribution in [0.3, 0.4) is 0 Å². The molecule has 0 bridgehead atoms. The maximum atomic E-state index is 10.1. The average Bonchev–Trinajstić information content (AvgIpc) is 2.40. The number of nitriles is 1. The summed E-state index contributed by atoms with van der Waals surface area (Å²) in [6, 6.07) is 19.0. The summed E-state index contributed by atoms with van der Waals surface area (Å²) < 4.78 is 0. The Bertz CT molecular complexity index is 528. The second-order valence-corrected chi connectivity index (χ2v) is 3.94. The Balaban J connectivity index is 2.13. The van der Waals surface area contributed by atoms with Crippen molar-refractivity contribution in [2.24, 2.45) is 0 Å². The van der Waals surface area contributed by atoms with Crippen molar-refractivity contribution in [3.05, 3.63) is 71.3 Å². The van der Waals surface area contributed by atoms with Crippen molar-refractivity contribution in [1.82, 2.24) is 0 Å². The number of hydrogen-bond donors (Lipinski definition) is 1. The van der Waals surface area contributed by atoms with Crippen LogP contribution in [0.2, 0.25) is 0 Å². The van der Waals surface area contributed by atoms with Gasteiger partial charge in [0.1, 0.15) is 0 Å². The van der Waals surface area contributed by atoms with Crippen LogP contribution in [-0.2, 0) is 6.42 Å². The minimum Gasteiger partial charge on any atom is -0.388 e. The molecule has 1 N–H and O–H groups in total. The summed E-state index contributed by atoms with van der Waals surface area (Å²) in [6.45, 7) is 0. The lowest BCUT2D eigenvalue weighted by Gasteiger charge is -2.10. The highest BCUT2D eigenvalue weighted by Gasteiger charge is 2.08. The summed E-state index contributed by atoms with van der Waals surface area (Å²) in [6.07, 6.45) is 0.00430. The van der Waals surface area contributed by atoms with Gasteiger partial charge in [0.15, 0.2) is 0 Å². The van der Waals surface area contributed by atoms with Gasteiger partial charge in [0.25, 0.3) is 0 Å². The molecular weight excluding hydrogens is 210 g/mol. The largest absolute Gasteiger partial charge is 0.388 e. The second kappa shape index (κ2) is 5.29. The molecule has 0 aliphatic carbocycles. The Labute approximate surface area is 101 Å². The molecule has 0 aromatic heterocycles. The fraction of sp³-hybridized carbons (Fsp3) is 0.133. The molecule has 1 unspecified atom stereocenters. The molecule has 1 atom stereocenters. The molecule has 0 heterocycles. The molecule has 2 heteroatoms. The Morgan fingerprint density at radius 2 is 1.82 bits per heavy atom. The van der Waals surface area contributed by atoms with Crippen molar-refractivity contribution in [1.29, 1.82) is 5.26 Å². The van der Waals surface area contributed by atoms with Gasteiger partial charge in [-0.2, -0.15) is 5.26 Å². The maximum absolute atomic E-state index is 10.1. The molecule has 0 aliphatic heterocycles. The highest BCUT2D eigenvalue weighted by Crippen LogP contribution is 2.18. The maximum Gasteiger partial charge on any atom is 0.0991 e. The van der Waals surface area contributed by atoms with Crippen molar-refractivity contribution in [3.63, 3.8) is 0 Å². The number of aliphatic hydroxyl groups is 1. The Morgan fingerprint density at radius 1 is 1.06 bits per heavy atom. The quantitative estimate of drug-likeness (QED) is 0.869. The number of nitrogens with zero attached hydrogens (tertiary/aromatic N) is 1. The topological polar surface area (TPSA) is 44.0 Å². The molecule has 84 valence electrons. The predicted octanol–water partition coefficient (Wildman–Crippen LogP) is 2.83. The molecule has 0 radical (unpaired) electrons. The number of hydrogen-bond acceptors (Lipinski definition) is 2. The van der Waals surface area contributed by atoms with E-state index in [-0.39, 0.29) is 0 Å². The van der Waals surface area contributed by atoms with Gasteiger partial charge in [0.05, 0.1) is 17.7 Å². The van der Waals surface area contributed by atoms with Crippen LogP contribution in [0, 0.1) is 11.3 Å². The first kappa shape index (κ1) is 11.4. The number of aliphatic hydroxyl groups excluding tert-OH is 1. The Hall–Kier alpha value is -2.11. The fourth-order valence-corrected chi connectivity index (χ4v) is 1.78. The fourth-order valence-electron chi connectivity index (χ4n) is 1.78. The summed E-state index contributed by atoms with van der Waals surface area (Å²) in [7, 11) is 0. The van der Waals surface area contributed by atoms with Gasteiger partial charge in [-0.1, -0.05) is 42.5 Å². The third-order valence-corrected chi connectivity index (χ3v) is 2.67. The highest BCUT2D eigenvalue weighted by molar-refractivity contribution is 5.33. The van der Waals surface area contributed by atoms with Gasteiger partial charge in [-0.15, -0.1) is 0 Å². The monoisotopic (exact) mass is 223 g/mol. The van der Waals surface area contributed by atoms with Crippen molar-refractivity contribution in [2.75, 3.05) is 0 Å². The Kier molecular flexibility index (Phi) is 3.54. The number of rotatable bonds is 3. The molecule has 2 rings (SSSR count). The van der Waals surface area contributed by atoms with Crippen LogP contribution < -0.4 is 0 Å². The van der Waals surface area contributed by atoms with Crippen LogP contribution >= 0.6 is 0 Å². The van der Waals surface area contributed by atoms with Crippen LogP contribution in [0.1, 0.15) is 22.8 Å². The molecular formula is C15H13NO. The van der Waals surface area contributed by atoms with E-state index in [4.69, 9.17) is 5.26 Å². The van der Waals surface area contributed by atoms with Gasteiger partial charge in [-0.25, -0.2) is 0 Å². The third-order valence-electron chi connectivity index (χ3n) is 2.67. The van der Waals surface area contributed by atoms with E-state index in [1.807, 2.05) is 48.5 Å². The Morgan fingerprint density at radius 3 is 2.53 bits per heavy atom. The standard InChI is InChI=1S/C15H13NO/c16-11-13-6-4-5-12(9-13)10-15(17)14-7-2-1-3-8-14/h1-9,15,17H,10H2. The van der Waals surface area contributed by atoms with E-state index in [0.717, 1.165) is 11.1 Å². The molecule has 0 saturated carbocycles. The summed E-state index contributed by atoms with van der Waals surface area (Å²) in [5.74, 6) is 0. The second-order valence-electron chi connectivity index (χ2n) is 3.94. The van der Waals surface area contributed by atoms with Crippen molar-refractivity contribution in [2.45, 2.75) is 12.5 Å². The lowest BCUT2D eigenvalue weighted by Crippen LogP contribution is -2.01. The first-order valence-corrected chi connectivity index (χ1v) is 5.51. The molecule has 2 aromatic carbocycles. The van der Waals surface area contributed by atoms with Gasteiger partial charge >= 0.3 is 0 Å². The van der Waals surface area contributed by atoms with E-state index in [9.17, 15) is 5.11 Å². The zero-order chi connectivity index (χ0) is 12.1. The summed E-state index contributed by atoms with van der Waals surface area (Å²) in [4.78, 5) is 0. The summed E-state index contributed by atoms with van der Waals surface area (Å²) >= 11 is 0. The first-order valence-electron chi connectivity index (χ1n) is 5.51. The van der Waals surface area contributed by atoms with E-state index >= 15 is 0 Å². The van der Waals surface area contributed by atoms with E-state index in [0.29, 0.717) is 12.0 Å². The smallest absolute Gasteiger partial charge is 0.0991 e. The van der Waals surface area contributed by atoms with Gasteiger partial charge < -0.3 is 5.11 Å². The molecule has 2 nitrogen and oxygen atoms in total. The molecule has 0 spiro atoms. The van der Waals surface area contributed by atoms with E-state index in [2.05, 4.69) is 6.07 Å².